The largest absolute Gasteiger partial charge is 0.405 e. The van der Waals surface area contributed by atoms with Gasteiger partial charge in [-0.25, -0.2) is 0 Å². The summed E-state index contributed by atoms with van der Waals surface area (Å²) in [6, 6.07) is 0. The summed E-state index contributed by atoms with van der Waals surface area (Å²) >= 11 is 0. The van der Waals surface area contributed by atoms with E-state index >= 15 is 0 Å². The van der Waals surface area contributed by atoms with Crippen LogP contribution in [-0.4, -0.2) is 24.4 Å². The number of alkyl halides is 3. The number of Topliss-reactive ketones (excluding diaryl/α,β-unsaturated/α-hetero) is 1. The molecule has 0 radical (unpaired) electrons. The molecule has 0 aliphatic rings. The van der Waals surface area contributed by atoms with Crippen LogP contribution < -0.4 is 5.32 Å². The van der Waals surface area contributed by atoms with Crippen LogP contribution in [0.5, 0.6) is 0 Å². The van der Waals surface area contributed by atoms with Crippen LogP contribution in [0.3, 0.4) is 0 Å². The van der Waals surface area contributed by atoms with Gasteiger partial charge in [-0.1, -0.05) is 0 Å². The van der Waals surface area contributed by atoms with Crippen LogP contribution in [-0.2, 0) is 9.59 Å². The van der Waals surface area contributed by atoms with Crippen LogP contribution in [0, 0.1) is 0 Å². The van der Waals surface area contributed by atoms with E-state index < -0.39 is 24.4 Å². The second-order valence-electron chi connectivity index (χ2n) is 1.85. The Bertz CT molecular complexity index is 175. The third-order valence-corrected chi connectivity index (χ3v) is 0.769. The molecule has 6 heteroatoms. The number of nitrogens with one attached hydrogen (secondary N) is 1. The van der Waals surface area contributed by atoms with Gasteiger partial charge in [-0.2, -0.15) is 13.2 Å². The lowest BCUT2D eigenvalue weighted by Gasteiger charge is -2.05. The summed E-state index contributed by atoms with van der Waals surface area (Å²) in [4.78, 5) is 20.3. The minimum absolute atomic E-state index is 0.895. The Morgan fingerprint density at radius 2 is 1.82 bits per heavy atom. The van der Waals surface area contributed by atoms with Crippen molar-refractivity contribution in [2.75, 3.05) is 6.54 Å². The Labute approximate surface area is 60.6 Å². The number of hydrogen-bond acceptors (Lipinski definition) is 2. The molecule has 0 aromatic rings. The molecule has 0 heterocycles. The number of ketones is 1. The Morgan fingerprint density at radius 3 is 2.09 bits per heavy atom. The zero-order valence-corrected chi connectivity index (χ0v) is 5.66. The molecule has 64 valence electrons. The zero-order valence-electron chi connectivity index (χ0n) is 5.66. The molecule has 0 aliphatic heterocycles. The van der Waals surface area contributed by atoms with E-state index in [-0.39, 0.29) is 0 Å². The third kappa shape index (κ3) is 5.38. The maximum atomic E-state index is 11.4. The van der Waals surface area contributed by atoms with Crippen molar-refractivity contribution in [3.8, 4) is 0 Å². The van der Waals surface area contributed by atoms with Crippen molar-refractivity contribution in [1.82, 2.24) is 5.32 Å². The Balaban J connectivity index is 3.73. The van der Waals surface area contributed by atoms with Gasteiger partial charge in [0.15, 0.2) is 0 Å². The molecule has 0 aromatic carbocycles. The summed E-state index contributed by atoms with van der Waals surface area (Å²) in [5.41, 5.74) is 0. The maximum absolute atomic E-state index is 11.4. The summed E-state index contributed by atoms with van der Waals surface area (Å²) in [6.45, 7) is -0.572. The first-order chi connectivity index (χ1) is 4.83. The van der Waals surface area contributed by atoms with Crippen molar-refractivity contribution < 1.29 is 22.8 Å². The van der Waals surface area contributed by atoms with E-state index in [1.807, 2.05) is 0 Å². The Kier molecular flexibility index (Phi) is 3.03. The lowest BCUT2D eigenvalue weighted by atomic mass is 10.4. The topological polar surface area (TPSA) is 46.2 Å². The first kappa shape index (κ1) is 9.93. The highest BCUT2D eigenvalue weighted by atomic mass is 19.4. The van der Waals surface area contributed by atoms with Crippen molar-refractivity contribution in [1.29, 1.82) is 0 Å². The quantitative estimate of drug-likeness (QED) is 0.602. The molecule has 0 fully saturated rings. The van der Waals surface area contributed by atoms with E-state index in [0.29, 0.717) is 0 Å². The van der Waals surface area contributed by atoms with Gasteiger partial charge in [-0.15, -0.1) is 0 Å². The Morgan fingerprint density at radius 1 is 1.36 bits per heavy atom. The highest BCUT2D eigenvalue weighted by Gasteiger charge is 2.28. The molecule has 0 saturated heterocycles. The van der Waals surface area contributed by atoms with Gasteiger partial charge in [0, 0.05) is 6.92 Å². The van der Waals surface area contributed by atoms with Gasteiger partial charge < -0.3 is 5.32 Å². The van der Waals surface area contributed by atoms with E-state index in [1.54, 1.807) is 0 Å². The Hall–Kier alpha value is -1.07. The van der Waals surface area contributed by atoms with Gasteiger partial charge in [0.1, 0.15) is 6.54 Å². The summed E-state index contributed by atoms with van der Waals surface area (Å²) in [6.07, 6.45) is -4.47. The second kappa shape index (κ2) is 3.36. The predicted octanol–water partition coefficient (Wildman–Crippen LogP) is 0.254. The molecule has 0 unspecified atom stereocenters. The van der Waals surface area contributed by atoms with Gasteiger partial charge in [0.2, 0.25) is 5.78 Å². The summed E-state index contributed by atoms with van der Waals surface area (Å²) in [5.74, 6) is -2.16. The fraction of sp³-hybridized carbons (Fsp3) is 0.600. The van der Waals surface area contributed by atoms with Crippen molar-refractivity contribution in [2.24, 2.45) is 0 Å². The first-order valence-corrected chi connectivity index (χ1v) is 2.68. The second-order valence-corrected chi connectivity index (χ2v) is 1.85. The molecule has 0 spiro atoms. The fourth-order valence-corrected chi connectivity index (χ4v) is 0.305. The monoisotopic (exact) mass is 169 g/mol. The number of halogens is 3. The molecular formula is C5H6F3NO2. The van der Waals surface area contributed by atoms with Crippen LogP contribution in [0.2, 0.25) is 0 Å². The maximum Gasteiger partial charge on any atom is 0.405 e. The van der Waals surface area contributed by atoms with Gasteiger partial charge in [-0.3, -0.25) is 9.59 Å². The highest BCUT2D eigenvalue weighted by Crippen LogP contribution is 2.11. The number of hydrogen-bond donors (Lipinski definition) is 1. The molecule has 0 aromatic heterocycles. The predicted molar refractivity (Wildman–Crippen MR) is 29.7 cm³/mol. The van der Waals surface area contributed by atoms with Crippen LogP contribution in [0.4, 0.5) is 13.2 Å². The average Bonchev–Trinajstić information content (AvgIpc) is 1.80. The summed E-state index contributed by atoms with van der Waals surface area (Å²) < 4.78 is 34.1. The van der Waals surface area contributed by atoms with Crippen molar-refractivity contribution in [2.45, 2.75) is 13.1 Å². The van der Waals surface area contributed by atoms with E-state index in [0.717, 1.165) is 6.92 Å². The van der Waals surface area contributed by atoms with Gasteiger partial charge in [0.25, 0.3) is 5.91 Å². The van der Waals surface area contributed by atoms with E-state index in [9.17, 15) is 22.8 Å². The van der Waals surface area contributed by atoms with Crippen molar-refractivity contribution in [3.63, 3.8) is 0 Å². The highest BCUT2D eigenvalue weighted by molar-refractivity contribution is 6.35. The third-order valence-electron chi connectivity index (χ3n) is 0.769. The standard InChI is InChI=1S/C5H6F3NO2/c1-3(10)4(11)9-2-5(6,7)8/h2H2,1H3,(H,9,11). The molecular weight excluding hydrogens is 163 g/mol. The normalized spacial score (nSPS) is 10.9. The minimum atomic E-state index is -4.47. The smallest absolute Gasteiger partial charge is 0.340 e. The number of amides is 1. The molecule has 0 atom stereocenters. The molecule has 1 amide bonds. The van der Waals surface area contributed by atoms with Crippen molar-refractivity contribution in [3.05, 3.63) is 0 Å². The van der Waals surface area contributed by atoms with E-state index in [4.69, 9.17) is 0 Å². The SMILES string of the molecule is CC(=O)C(=O)NCC(F)(F)F. The lowest BCUT2D eigenvalue weighted by molar-refractivity contribution is -0.144. The van der Waals surface area contributed by atoms with Gasteiger partial charge in [0.05, 0.1) is 0 Å². The average molecular weight is 169 g/mol. The van der Waals surface area contributed by atoms with Gasteiger partial charge in [-0.05, 0) is 0 Å². The van der Waals surface area contributed by atoms with E-state index in [1.165, 1.54) is 5.32 Å². The van der Waals surface area contributed by atoms with Crippen molar-refractivity contribution >= 4 is 11.7 Å². The lowest BCUT2D eigenvalue weighted by Crippen LogP contribution is -2.36. The van der Waals surface area contributed by atoms with Crippen LogP contribution in [0.25, 0.3) is 0 Å². The summed E-state index contributed by atoms with van der Waals surface area (Å²) in [7, 11) is 0. The number of carbonyl (C=O) groups is 2. The summed E-state index contributed by atoms with van der Waals surface area (Å²) in [5, 5.41) is 1.41. The van der Waals surface area contributed by atoms with Gasteiger partial charge >= 0.3 is 6.18 Å². The van der Waals surface area contributed by atoms with Crippen LogP contribution in [0.1, 0.15) is 6.92 Å². The molecule has 0 bridgehead atoms. The molecule has 1 N–H and O–H groups in total. The van der Waals surface area contributed by atoms with E-state index in [2.05, 4.69) is 0 Å². The fourth-order valence-electron chi connectivity index (χ4n) is 0.305. The molecule has 0 rings (SSSR count). The van der Waals surface area contributed by atoms with Crippen LogP contribution in [0.15, 0.2) is 0 Å². The molecule has 11 heavy (non-hydrogen) atoms. The van der Waals surface area contributed by atoms with Crippen LogP contribution >= 0.6 is 0 Å². The molecule has 3 nitrogen and oxygen atoms in total. The number of carbonyl (C=O) groups excluding carboxylic acids is 2. The zero-order chi connectivity index (χ0) is 9.07. The molecule has 0 saturated carbocycles. The molecule has 0 aliphatic carbocycles. The minimum Gasteiger partial charge on any atom is -0.340 e. The number of rotatable bonds is 2. The first-order valence-electron chi connectivity index (χ1n) is 2.68.